The number of amides is 4. The monoisotopic (exact) mass is 776 g/mol. The lowest BCUT2D eigenvalue weighted by atomic mass is 9.90. The SMILES string of the molecule is CCOc1cc(CN2C(=O)c3ccc(N4CCN(C5CCN(C6CCN(CCc7ccc(C8CCC(=O)NC8=O)cc7)CC6)CC5)CC4)cc3C2=O)ccc1OC. The van der Waals surface area contributed by atoms with Crippen LogP contribution in [0, 0.1) is 0 Å². The predicted molar refractivity (Wildman–Crippen MR) is 218 cm³/mol. The molecule has 12 heteroatoms. The van der Waals surface area contributed by atoms with Gasteiger partial charge in [-0.25, -0.2) is 0 Å². The third kappa shape index (κ3) is 8.59. The molecule has 57 heavy (non-hydrogen) atoms. The largest absolute Gasteiger partial charge is 0.493 e. The van der Waals surface area contributed by atoms with Crippen molar-refractivity contribution in [1.29, 1.82) is 0 Å². The normalized spacial score (nSPS) is 21.9. The molecule has 12 nitrogen and oxygen atoms in total. The minimum atomic E-state index is -0.259. The number of anilines is 1. The van der Waals surface area contributed by atoms with Crippen molar-refractivity contribution in [2.24, 2.45) is 0 Å². The average Bonchev–Trinajstić information content (AvgIpc) is 3.48. The van der Waals surface area contributed by atoms with Crippen LogP contribution in [0.5, 0.6) is 11.5 Å². The molecule has 5 aliphatic rings. The molecule has 3 aromatic carbocycles. The average molecular weight is 777 g/mol. The van der Waals surface area contributed by atoms with E-state index in [1.165, 1.54) is 36.1 Å². The van der Waals surface area contributed by atoms with E-state index in [1.807, 2.05) is 43.3 Å². The fourth-order valence-electron chi connectivity index (χ4n) is 9.57. The molecule has 8 rings (SSSR count). The van der Waals surface area contributed by atoms with Gasteiger partial charge >= 0.3 is 0 Å². The summed E-state index contributed by atoms with van der Waals surface area (Å²) in [5.41, 5.74) is 5.05. The predicted octanol–water partition coefficient (Wildman–Crippen LogP) is 4.70. The van der Waals surface area contributed by atoms with Gasteiger partial charge in [0.25, 0.3) is 11.8 Å². The molecular formula is C45H56N6O6. The summed E-state index contributed by atoms with van der Waals surface area (Å²) in [5.74, 6) is 0.133. The molecule has 4 saturated heterocycles. The molecule has 5 aliphatic heterocycles. The minimum Gasteiger partial charge on any atom is -0.493 e. The van der Waals surface area contributed by atoms with E-state index >= 15 is 0 Å². The molecule has 0 spiro atoms. The summed E-state index contributed by atoms with van der Waals surface area (Å²) >= 11 is 0. The van der Waals surface area contributed by atoms with E-state index < -0.39 is 0 Å². The van der Waals surface area contributed by atoms with E-state index in [-0.39, 0.29) is 36.1 Å². The molecule has 1 atom stereocenters. The number of rotatable bonds is 12. The van der Waals surface area contributed by atoms with Gasteiger partial charge in [-0.1, -0.05) is 30.3 Å². The number of methoxy groups -OCH3 is 1. The Balaban J connectivity index is 0.758. The highest BCUT2D eigenvalue weighted by molar-refractivity contribution is 6.21. The quantitative estimate of drug-likeness (QED) is 0.260. The lowest BCUT2D eigenvalue weighted by Crippen LogP contribution is -2.55. The zero-order valence-corrected chi connectivity index (χ0v) is 33.4. The number of imide groups is 2. The van der Waals surface area contributed by atoms with Gasteiger partial charge in [-0.05, 0) is 119 Å². The summed E-state index contributed by atoms with van der Waals surface area (Å²) in [6.45, 7) is 12.0. The molecule has 0 saturated carbocycles. The maximum atomic E-state index is 13.5. The molecule has 302 valence electrons. The summed E-state index contributed by atoms with van der Waals surface area (Å²) in [7, 11) is 1.59. The first kappa shape index (κ1) is 39.1. The number of hydrogen-bond acceptors (Lipinski definition) is 10. The van der Waals surface area contributed by atoms with E-state index in [0.29, 0.717) is 54.2 Å². The van der Waals surface area contributed by atoms with Gasteiger partial charge in [-0.3, -0.25) is 34.3 Å². The third-order valence-electron chi connectivity index (χ3n) is 12.9. The zero-order valence-electron chi connectivity index (χ0n) is 33.4. The maximum absolute atomic E-state index is 13.5. The van der Waals surface area contributed by atoms with Gasteiger partial charge in [0, 0.05) is 56.9 Å². The number of ether oxygens (including phenoxy) is 2. The highest BCUT2D eigenvalue weighted by Crippen LogP contribution is 2.33. The van der Waals surface area contributed by atoms with E-state index in [4.69, 9.17) is 9.47 Å². The van der Waals surface area contributed by atoms with Crippen LogP contribution in [0.2, 0.25) is 0 Å². The number of carbonyl (C=O) groups excluding carboxylic acids is 4. The molecule has 0 bridgehead atoms. The van der Waals surface area contributed by atoms with E-state index in [2.05, 4.69) is 49.2 Å². The van der Waals surface area contributed by atoms with Crippen molar-refractivity contribution in [3.05, 3.63) is 88.5 Å². The number of carbonyl (C=O) groups is 4. The number of piperidine rings is 3. The Morgan fingerprint density at radius 2 is 1.35 bits per heavy atom. The van der Waals surface area contributed by atoms with Crippen LogP contribution in [0.15, 0.2) is 60.7 Å². The van der Waals surface area contributed by atoms with Crippen molar-refractivity contribution in [2.75, 3.05) is 77.5 Å². The number of benzene rings is 3. The summed E-state index contributed by atoms with van der Waals surface area (Å²) in [4.78, 5) is 62.3. The zero-order chi connectivity index (χ0) is 39.5. The number of nitrogens with zero attached hydrogens (tertiary/aromatic N) is 5. The second-order valence-electron chi connectivity index (χ2n) is 16.2. The standard InChI is InChI=1S/C45H56N6O6/c1-3-57-41-28-32(6-12-40(41)56-2)30-51-44(54)38-10-9-36(29-39(38)45(51)55)50-26-24-49(25-27-50)35-17-22-48(23-18-35)34-15-20-47(21-16-34)19-14-31-4-7-33(8-5-31)37-11-13-42(52)46-43(37)53/h4-10,12,28-29,34-35,37H,3,11,13-27,30H2,1-2H3,(H,46,52,53). The van der Waals surface area contributed by atoms with Crippen LogP contribution in [0.4, 0.5) is 5.69 Å². The van der Waals surface area contributed by atoms with E-state index in [0.717, 1.165) is 82.1 Å². The van der Waals surface area contributed by atoms with Gasteiger partial charge in [0.05, 0.1) is 37.3 Å². The van der Waals surface area contributed by atoms with Crippen molar-refractivity contribution in [3.63, 3.8) is 0 Å². The molecule has 0 radical (unpaired) electrons. The van der Waals surface area contributed by atoms with Crippen molar-refractivity contribution in [3.8, 4) is 11.5 Å². The first-order valence-corrected chi connectivity index (χ1v) is 21.0. The Morgan fingerprint density at radius 1 is 0.684 bits per heavy atom. The molecule has 5 heterocycles. The van der Waals surface area contributed by atoms with E-state index in [1.54, 1.807) is 7.11 Å². The minimum absolute atomic E-state index is 0.172. The summed E-state index contributed by atoms with van der Waals surface area (Å²) < 4.78 is 11.1. The number of fused-ring (bicyclic) bond motifs is 1. The second kappa shape index (κ2) is 17.4. The fraction of sp³-hybridized carbons (Fsp3) is 0.511. The molecule has 1 unspecified atom stereocenters. The Morgan fingerprint density at radius 3 is 2.04 bits per heavy atom. The van der Waals surface area contributed by atoms with Crippen LogP contribution in [0.25, 0.3) is 0 Å². The third-order valence-corrected chi connectivity index (χ3v) is 12.9. The molecular weight excluding hydrogens is 721 g/mol. The smallest absolute Gasteiger partial charge is 0.261 e. The Bertz CT molecular complexity index is 1950. The topological polar surface area (TPSA) is 115 Å². The molecule has 1 N–H and O–H groups in total. The van der Waals surface area contributed by atoms with Gasteiger partial charge < -0.3 is 24.2 Å². The fourth-order valence-corrected chi connectivity index (χ4v) is 9.57. The number of nitrogens with one attached hydrogen (secondary N) is 1. The lowest BCUT2D eigenvalue weighted by Gasteiger charge is -2.46. The Labute approximate surface area is 336 Å². The molecule has 4 amide bonds. The highest BCUT2D eigenvalue weighted by Gasteiger charge is 2.37. The molecule has 4 fully saturated rings. The van der Waals surface area contributed by atoms with Crippen molar-refractivity contribution < 1.29 is 28.7 Å². The van der Waals surface area contributed by atoms with Crippen molar-refractivity contribution >= 4 is 29.3 Å². The Hall–Kier alpha value is -4.78. The number of piperazine rings is 1. The Kier molecular flexibility index (Phi) is 11.9. The van der Waals surface area contributed by atoms with E-state index in [9.17, 15) is 19.2 Å². The summed E-state index contributed by atoms with van der Waals surface area (Å²) in [5, 5.41) is 2.47. The number of likely N-dealkylation sites (tertiary alicyclic amines) is 2. The number of hydrogen-bond donors (Lipinski definition) is 1. The first-order chi connectivity index (χ1) is 27.8. The maximum Gasteiger partial charge on any atom is 0.261 e. The summed E-state index contributed by atoms with van der Waals surface area (Å²) in [6, 6.07) is 20.9. The molecule has 0 aliphatic carbocycles. The van der Waals surface area contributed by atoms with Gasteiger partial charge in [0.15, 0.2) is 11.5 Å². The first-order valence-electron chi connectivity index (χ1n) is 21.0. The van der Waals surface area contributed by atoms with Crippen LogP contribution in [-0.2, 0) is 22.6 Å². The van der Waals surface area contributed by atoms with Crippen LogP contribution in [0.3, 0.4) is 0 Å². The summed E-state index contributed by atoms with van der Waals surface area (Å²) in [6.07, 6.45) is 6.86. The van der Waals surface area contributed by atoms with Crippen LogP contribution in [-0.4, -0.2) is 128 Å². The highest BCUT2D eigenvalue weighted by atomic mass is 16.5. The lowest BCUT2D eigenvalue weighted by molar-refractivity contribution is -0.134. The van der Waals surface area contributed by atoms with Gasteiger partial charge in [-0.15, -0.1) is 0 Å². The van der Waals surface area contributed by atoms with Gasteiger partial charge in [-0.2, -0.15) is 0 Å². The van der Waals surface area contributed by atoms with Gasteiger partial charge in [0.2, 0.25) is 11.8 Å². The second-order valence-corrected chi connectivity index (χ2v) is 16.2. The van der Waals surface area contributed by atoms with Crippen LogP contribution < -0.4 is 19.7 Å². The molecule has 3 aromatic rings. The van der Waals surface area contributed by atoms with Crippen LogP contribution in [0.1, 0.15) is 88.8 Å². The van der Waals surface area contributed by atoms with Crippen molar-refractivity contribution in [1.82, 2.24) is 24.9 Å². The van der Waals surface area contributed by atoms with Gasteiger partial charge in [0.1, 0.15) is 0 Å². The van der Waals surface area contributed by atoms with Crippen molar-refractivity contribution in [2.45, 2.75) is 76.4 Å². The molecule has 0 aromatic heterocycles. The van der Waals surface area contributed by atoms with Crippen LogP contribution >= 0.6 is 0 Å².